The highest BCUT2D eigenvalue weighted by Gasteiger charge is 2.11. The molecule has 1 amide bonds. The van der Waals surface area contributed by atoms with Crippen LogP contribution < -0.4 is 14.8 Å². The van der Waals surface area contributed by atoms with Crippen LogP contribution in [0.4, 0.5) is 5.13 Å². The van der Waals surface area contributed by atoms with Gasteiger partial charge in [-0.05, 0) is 48.5 Å². The smallest absolute Gasteiger partial charge is 0.257 e. The number of nitrogens with one attached hydrogen (secondary N) is 1. The van der Waals surface area contributed by atoms with Gasteiger partial charge in [0.05, 0.1) is 7.11 Å². The number of aromatic nitrogens is 2. The van der Waals surface area contributed by atoms with Gasteiger partial charge in [-0.25, -0.2) is 0 Å². The summed E-state index contributed by atoms with van der Waals surface area (Å²) >= 11 is 1.13. The predicted octanol–water partition coefficient (Wildman–Crippen LogP) is 4.03. The number of rotatable bonds is 7. The van der Waals surface area contributed by atoms with E-state index >= 15 is 0 Å². The maximum atomic E-state index is 12.3. The maximum absolute atomic E-state index is 12.3. The van der Waals surface area contributed by atoms with Crippen molar-refractivity contribution in [3.8, 4) is 22.9 Å². The molecule has 0 saturated carbocycles. The third kappa shape index (κ3) is 4.25. The number of hydrogen-bond acceptors (Lipinski definition) is 6. The van der Waals surface area contributed by atoms with E-state index in [0.29, 0.717) is 28.9 Å². The summed E-state index contributed by atoms with van der Waals surface area (Å²) in [4.78, 5) is 16.7. The highest BCUT2D eigenvalue weighted by Crippen LogP contribution is 2.23. The molecular formula is C19H17N3O3S. The second-order valence-corrected chi connectivity index (χ2v) is 5.98. The molecule has 0 aliphatic heterocycles. The van der Waals surface area contributed by atoms with Crippen molar-refractivity contribution in [2.24, 2.45) is 0 Å². The summed E-state index contributed by atoms with van der Waals surface area (Å²) in [6.07, 6.45) is 1.66. The van der Waals surface area contributed by atoms with Crippen molar-refractivity contribution in [2.45, 2.75) is 0 Å². The summed E-state index contributed by atoms with van der Waals surface area (Å²) in [6.45, 7) is 4.01. The second-order valence-electron chi connectivity index (χ2n) is 5.23. The third-order valence-corrected chi connectivity index (χ3v) is 4.11. The number of nitrogens with zero attached hydrogens (tertiary/aromatic N) is 2. The summed E-state index contributed by atoms with van der Waals surface area (Å²) in [6, 6.07) is 14.3. The van der Waals surface area contributed by atoms with E-state index in [4.69, 9.17) is 9.47 Å². The molecule has 1 aromatic heterocycles. The summed E-state index contributed by atoms with van der Waals surface area (Å²) in [5.74, 6) is 1.75. The number of benzene rings is 2. The van der Waals surface area contributed by atoms with E-state index in [0.717, 1.165) is 22.8 Å². The molecule has 0 aliphatic carbocycles. The number of anilines is 1. The average molecular weight is 367 g/mol. The van der Waals surface area contributed by atoms with Crippen LogP contribution in [-0.2, 0) is 0 Å². The minimum absolute atomic E-state index is 0.252. The lowest BCUT2D eigenvalue weighted by molar-refractivity contribution is 0.102. The molecule has 0 aliphatic rings. The SMILES string of the molecule is C=CCOc1ccc(C(=O)Nc2nc(-c3ccc(OC)cc3)ns2)cc1. The number of carbonyl (C=O) groups excluding carboxylic acids is 1. The van der Waals surface area contributed by atoms with E-state index in [1.54, 1.807) is 37.5 Å². The first kappa shape index (κ1) is 17.6. The molecule has 3 aromatic rings. The number of methoxy groups -OCH3 is 1. The van der Waals surface area contributed by atoms with Gasteiger partial charge >= 0.3 is 0 Å². The van der Waals surface area contributed by atoms with Crippen LogP contribution in [0.2, 0.25) is 0 Å². The highest BCUT2D eigenvalue weighted by molar-refractivity contribution is 7.10. The van der Waals surface area contributed by atoms with Crippen LogP contribution in [0.15, 0.2) is 61.2 Å². The van der Waals surface area contributed by atoms with Crippen molar-refractivity contribution >= 4 is 22.6 Å². The zero-order chi connectivity index (χ0) is 18.4. The summed E-state index contributed by atoms with van der Waals surface area (Å²) < 4.78 is 14.8. The van der Waals surface area contributed by atoms with Crippen LogP contribution in [0.5, 0.6) is 11.5 Å². The monoisotopic (exact) mass is 367 g/mol. The van der Waals surface area contributed by atoms with Gasteiger partial charge in [0.25, 0.3) is 5.91 Å². The topological polar surface area (TPSA) is 73.3 Å². The molecule has 0 atom stereocenters. The third-order valence-electron chi connectivity index (χ3n) is 3.48. The Balaban J connectivity index is 1.66. The van der Waals surface area contributed by atoms with Crippen LogP contribution in [0.3, 0.4) is 0 Å². The standard InChI is InChI=1S/C19H17N3O3S/c1-3-12-25-16-10-6-14(7-11-16)18(23)21-19-20-17(22-26-19)13-4-8-15(24-2)9-5-13/h3-11H,1,12H2,2H3,(H,20,21,22,23). The fourth-order valence-electron chi connectivity index (χ4n) is 2.16. The Labute approximate surface area is 155 Å². The van der Waals surface area contributed by atoms with Gasteiger partial charge in [0.2, 0.25) is 5.13 Å². The fraction of sp³-hybridized carbons (Fsp3) is 0.105. The van der Waals surface area contributed by atoms with Crippen LogP contribution >= 0.6 is 11.5 Å². The van der Waals surface area contributed by atoms with Crippen molar-refractivity contribution in [1.29, 1.82) is 0 Å². The van der Waals surface area contributed by atoms with Gasteiger partial charge in [0, 0.05) is 22.7 Å². The quantitative estimate of drug-likeness (QED) is 0.638. The first-order valence-corrected chi connectivity index (χ1v) is 8.60. The first-order chi connectivity index (χ1) is 12.7. The lowest BCUT2D eigenvalue weighted by atomic mass is 10.2. The number of carbonyl (C=O) groups is 1. The second kappa shape index (κ2) is 8.26. The van der Waals surface area contributed by atoms with Gasteiger partial charge in [0.1, 0.15) is 18.1 Å². The van der Waals surface area contributed by atoms with Crippen LogP contribution in [0.25, 0.3) is 11.4 Å². The van der Waals surface area contributed by atoms with Crippen LogP contribution in [-0.4, -0.2) is 29.0 Å². The van der Waals surface area contributed by atoms with Gasteiger partial charge < -0.3 is 9.47 Å². The highest BCUT2D eigenvalue weighted by atomic mass is 32.1. The van der Waals surface area contributed by atoms with E-state index in [9.17, 15) is 4.79 Å². The van der Waals surface area contributed by atoms with Crippen molar-refractivity contribution < 1.29 is 14.3 Å². The number of hydrogen-bond donors (Lipinski definition) is 1. The Morgan fingerprint density at radius 2 is 1.85 bits per heavy atom. The Morgan fingerprint density at radius 3 is 2.50 bits per heavy atom. The lowest BCUT2D eigenvalue weighted by Crippen LogP contribution is -2.11. The van der Waals surface area contributed by atoms with E-state index < -0.39 is 0 Å². The number of amides is 1. The maximum Gasteiger partial charge on any atom is 0.257 e. The molecule has 3 rings (SSSR count). The van der Waals surface area contributed by atoms with Crippen LogP contribution in [0.1, 0.15) is 10.4 Å². The molecule has 0 spiro atoms. The Bertz CT molecular complexity index is 889. The van der Waals surface area contributed by atoms with Gasteiger partial charge in [-0.2, -0.15) is 9.36 Å². The molecule has 7 heteroatoms. The van der Waals surface area contributed by atoms with Gasteiger partial charge in [-0.3, -0.25) is 10.1 Å². The largest absolute Gasteiger partial charge is 0.497 e. The molecule has 6 nitrogen and oxygen atoms in total. The molecule has 0 saturated heterocycles. The number of ether oxygens (including phenoxy) is 2. The normalized spacial score (nSPS) is 10.2. The summed E-state index contributed by atoms with van der Waals surface area (Å²) in [7, 11) is 1.61. The molecule has 0 unspecified atom stereocenters. The summed E-state index contributed by atoms with van der Waals surface area (Å²) in [5.41, 5.74) is 1.36. The molecule has 1 N–H and O–H groups in total. The van der Waals surface area contributed by atoms with Crippen molar-refractivity contribution in [3.63, 3.8) is 0 Å². The Kier molecular flexibility index (Phi) is 5.60. The van der Waals surface area contributed by atoms with Gasteiger partial charge in [0.15, 0.2) is 5.82 Å². The molecule has 0 bridgehead atoms. The zero-order valence-electron chi connectivity index (χ0n) is 14.1. The minimum Gasteiger partial charge on any atom is -0.497 e. The Hall–Kier alpha value is -3.19. The van der Waals surface area contributed by atoms with Gasteiger partial charge in [-0.1, -0.05) is 12.7 Å². The average Bonchev–Trinajstić information content (AvgIpc) is 3.15. The molecule has 26 heavy (non-hydrogen) atoms. The van der Waals surface area contributed by atoms with Crippen molar-refractivity contribution in [3.05, 3.63) is 66.7 Å². The lowest BCUT2D eigenvalue weighted by Gasteiger charge is -2.04. The van der Waals surface area contributed by atoms with Crippen molar-refractivity contribution in [1.82, 2.24) is 9.36 Å². The molecule has 2 aromatic carbocycles. The summed E-state index contributed by atoms with van der Waals surface area (Å²) in [5, 5.41) is 3.20. The molecular weight excluding hydrogens is 350 g/mol. The molecule has 132 valence electrons. The molecule has 0 fully saturated rings. The molecule has 0 radical (unpaired) electrons. The first-order valence-electron chi connectivity index (χ1n) is 7.83. The van der Waals surface area contributed by atoms with Crippen LogP contribution in [0, 0.1) is 0 Å². The fourth-order valence-corrected chi connectivity index (χ4v) is 2.74. The molecule has 1 heterocycles. The zero-order valence-corrected chi connectivity index (χ0v) is 15.0. The van der Waals surface area contributed by atoms with Gasteiger partial charge in [-0.15, -0.1) is 0 Å². The predicted molar refractivity (Wildman–Crippen MR) is 102 cm³/mol. The van der Waals surface area contributed by atoms with E-state index in [1.807, 2.05) is 24.3 Å². The minimum atomic E-state index is -0.252. The van der Waals surface area contributed by atoms with E-state index in [2.05, 4.69) is 21.3 Å². The van der Waals surface area contributed by atoms with E-state index in [-0.39, 0.29) is 5.91 Å². The van der Waals surface area contributed by atoms with Crippen molar-refractivity contribution in [2.75, 3.05) is 19.0 Å². The Morgan fingerprint density at radius 1 is 1.15 bits per heavy atom. The van der Waals surface area contributed by atoms with E-state index in [1.165, 1.54) is 0 Å².